The Balaban J connectivity index is 0.974. The summed E-state index contributed by atoms with van der Waals surface area (Å²) in [5.74, 6) is -0.307. The highest BCUT2D eigenvalue weighted by molar-refractivity contribution is 5.98. The number of halogens is 2. The summed E-state index contributed by atoms with van der Waals surface area (Å²) in [7, 11) is 0. The predicted molar refractivity (Wildman–Crippen MR) is 168 cm³/mol. The highest BCUT2D eigenvalue weighted by Crippen LogP contribution is 2.47. The number of carbonyl (C=O) groups is 1. The SMILES string of the molecule is Cc1ccc2c(c1)NC[C@@]21CCN(CCC2CCN(c3nc(C(=O)N4CCCC4)c(-c4cc(F)cc(F)c4)o3)CC2)C[C@@H]1C. The van der Waals surface area contributed by atoms with E-state index < -0.39 is 11.6 Å². The quantitative estimate of drug-likeness (QED) is 0.348. The van der Waals surface area contributed by atoms with Crippen LogP contribution in [0, 0.1) is 30.4 Å². The number of hydrogen-bond donors (Lipinski definition) is 1. The van der Waals surface area contributed by atoms with Gasteiger partial charge in [-0.3, -0.25) is 4.79 Å². The van der Waals surface area contributed by atoms with E-state index in [1.165, 1.54) is 41.8 Å². The van der Waals surface area contributed by atoms with Crippen molar-refractivity contribution in [3.8, 4) is 11.3 Å². The third-order valence-electron chi connectivity index (χ3n) is 10.7. The first-order chi connectivity index (χ1) is 21.3. The number of carbonyl (C=O) groups excluding carboxylic acids is 1. The van der Waals surface area contributed by atoms with Crippen molar-refractivity contribution in [3.05, 3.63) is 64.9 Å². The standard InChI is InChI=1S/C35H43F2N5O2/c1-23-5-6-29-30(17-23)38-22-35(29)10-16-40(21-24(35)2)13-7-25-8-14-42(15-9-25)34-39-31(33(43)41-11-3-4-12-41)32(44-34)26-18-27(36)20-28(37)19-26/h5-6,17-20,24-25,38H,3-4,7-16,21-22H2,1-2H3/t24-,35+/m0/s1. The fourth-order valence-corrected chi connectivity index (χ4v) is 8.03. The number of nitrogens with zero attached hydrogens (tertiary/aromatic N) is 4. The van der Waals surface area contributed by atoms with E-state index in [4.69, 9.17) is 4.42 Å². The Bertz CT molecular complexity index is 1510. The van der Waals surface area contributed by atoms with Crippen LogP contribution in [0.4, 0.5) is 20.5 Å². The number of piperidine rings is 2. The second-order valence-corrected chi connectivity index (χ2v) is 13.6. The molecule has 1 spiro atoms. The molecule has 2 atom stereocenters. The largest absolute Gasteiger partial charge is 0.423 e. The van der Waals surface area contributed by atoms with Gasteiger partial charge < -0.3 is 24.4 Å². The van der Waals surface area contributed by atoms with Gasteiger partial charge in [-0.15, -0.1) is 0 Å². The molecule has 1 N–H and O–H groups in total. The number of benzene rings is 2. The van der Waals surface area contributed by atoms with Crippen LogP contribution < -0.4 is 10.2 Å². The summed E-state index contributed by atoms with van der Waals surface area (Å²) in [5, 5.41) is 3.70. The molecule has 2 aromatic carbocycles. The smallest absolute Gasteiger partial charge is 0.298 e. The van der Waals surface area contributed by atoms with Crippen molar-refractivity contribution >= 4 is 17.6 Å². The summed E-state index contributed by atoms with van der Waals surface area (Å²) in [6, 6.07) is 10.5. The molecule has 3 fully saturated rings. The molecule has 0 bridgehead atoms. The Labute approximate surface area is 258 Å². The van der Waals surface area contributed by atoms with Gasteiger partial charge in [0.25, 0.3) is 11.9 Å². The van der Waals surface area contributed by atoms with Gasteiger partial charge in [0.05, 0.1) is 0 Å². The lowest BCUT2D eigenvalue weighted by molar-refractivity contribution is 0.0788. The lowest BCUT2D eigenvalue weighted by atomic mass is 9.67. The van der Waals surface area contributed by atoms with Crippen LogP contribution in [0.1, 0.15) is 67.1 Å². The first-order valence-corrected chi connectivity index (χ1v) is 16.4. The lowest BCUT2D eigenvalue weighted by Gasteiger charge is -2.45. The molecule has 4 aliphatic heterocycles. The van der Waals surface area contributed by atoms with Gasteiger partial charge in [-0.2, -0.15) is 4.98 Å². The average molecular weight is 604 g/mol. The van der Waals surface area contributed by atoms with Crippen LogP contribution in [0.5, 0.6) is 0 Å². The van der Waals surface area contributed by atoms with Crippen LogP contribution in [0.2, 0.25) is 0 Å². The van der Waals surface area contributed by atoms with E-state index in [0.717, 1.165) is 71.0 Å². The van der Waals surface area contributed by atoms with Crippen LogP contribution in [0.3, 0.4) is 0 Å². The van der Waals surface area contributed by atoms with E-state index in [2.05, 4.69) is 52.1 Å². The molecule has 9 heteroatoms. The Kier molecular flexibility index (Phi) is 7.85. The number of rotatable bonds is 6. The molecule has 7 nitrogen and oxygen atoms in total. The summed E-state index contributed by atoms with van der Waals surface area (Å²) in [5.41, 5.74) is 4.72. The lowest BCUT2D eigenvalue weighted by Crippen LogP contribution is -2.50. The summed E-state index contributed by atoms with van der Waals surface area (Å²) in [6.07, 6.45) is 6.28. The van der Waals surface area contributed by atoms with Gasteiger partial charge in [0.15, 0.2) is 11.5 Å². The number of amides is 1. The molecule has 44 heavy (non-hydrogen) atoms. The molecule has 5 heterocycles. The van der Waals surface area contributed by atoms with E-state index >= 15 is 0 Å². The molecule has 3 saturated heterocycles. The number of aromatic nitrogens is 1. The molecule has 7 rings (SSSR count). The topological polar surface area (TPSA) is 64.8 Å². The van der Waals surface area contributed by atoms with Crippen LogP contribution in [0.15, 0.2) is 40.8 Å². The first-order valence-electron chi connectivity index (χ1n) is 16.4. The number of aryl methyl sites for hydroxylation is 1. The van der Waals surface area contributed by atoms with Crippen molar-refractivity contribution in [1.29, 1.82) is 0 Å². The Morgan fingerprint density at radius 1 is 1.05 bits per heavy atom. The van der Waals surface area contributed by atoms with Crippen LogP contribution >= 0.6 is 0 Å². The summed E-state index contributed by atoms with van der Waals surface area (Å²) in [4.78, 5) is 24.5. The van der Waals surface area contributed by atoms with Crippen molar-refractivity contribution in [3.63, 3.8) is 0 Å². The van der Waals surface area contributed by atoms with E-state index in [9.17, 15) is 13.6 Å². The maximum Gasteiger partial charge on any atom is 0.298 e. The Morgan fingerprint density at radius 2 is 1.80 bits per heavy atom. The van der Waals surface area contributed by atoms with Crippen molar-refractivity contribution < 1.29 is 18.0 Å². The zero-order chi connectivity index (χ0) is 30.4. The molecule has 234 valence electrons. The number of oxazole rings is 1. The zero-order valence-corrected chi connectivity index (χ0v) is 25.9. The number of anilines is 2. The Hall–Kier alpha value is -3.46. The average Bonchev–Trinajstić information content (AvgIpc) is 3.77. The molecule has 0 aliphatic carbocycles. The summed E-state index contributed by atoms with van der Waals surface area (Å²) < 4.78 is 34.4. The van der Waals surface area contributed by atoms with Crippen LogP contribution in [0.25, 0.3) is 11.3 Å². The first kappa shape index (κ1) is 29.3. The van der Waals surface area contributed by atoms with Crippen LogP contribution in [-0.4, -0.2) is 73.0 Å². The van der Waals surface area contributed by atoms with Gasteiger partial charge in [-0.1, -0.05) is 19.1 Å². The third-order valence-corrected chi connectivity index (χ3v) is 10.7. The zero-order valence-electron chi connectivity index (χ0n) is 25.9. The highest BCUT2D eigenvalue weighted by Gasteiger charge is 2.46. The maximum absolute atomic E-state index is 14.1. The molecule has 3 aromatic rings. The molecule has 0 radical (unpaired) electrons. The van der Waals surface area contributed by atoms with Crippen molar-refractivity contribution in [2.75, 3.05) is 62.6 Å². The third kappa shape index (κ3) is 5.48. The van der Waals surface area contributed by atoms with Gasteiger partial charge in [0, 0.05) is 62.0 Å². The number of hydrogen-bond acceptors (Lipinski definition) is 6. The van der Waals surface area contributed by atoms with Gasteiger partial charge in [-0.25, -0.2) is 8.78 Å². The molecule has 4 aliphatic rings. The monoisotopic (exact) mass is 603 g/mol. The molecule has 0 unspecified atom stereocenters. The minimum atomic E-state index is -0.712. The molecule has 0 saturated carbocycles. The van der Waals surface area contributed by atoms with Gasteiger partial charge in [0.2, 0.25) is 0 Å². The molecular weight excluding hydrogens is 560 g/mol. The Morgan fingerprint density at radius 3 is 2.52 bits per heavy atom. The predicted octanol–water partition coefficient (Wildman–Crippen LogP) is 6.48. The number of likely N-dealkylation sites (tertiary alicyclic amines) is 2. The van der Waals surface area contributed by atoms with Gasteiger partial charge >= 0.3 is 0 Å². The number of fused-ring (bicyclic) bond motifs is 2. The molecule has 1 amide bonds. The molecule has 1 aromatic heterocycles. The highest BCUT2D eigenvalue weighted by atomic mass is 19.1. The normalized spacial score (nSPS) is 24.2. The van der Waals surface area contributed by atoms with Gasteiger partial charge in [-0.05, 0) is 99.7 Å². The van der Waals surface area contributed by atoms with E-state index in [0.29, 0.717) is 30.9 Å². The minimum absolute atomic E-state index is 0.140. The fourth-order valence-electron chi connectivity index (χ4n) is 8.03. The van der Waals surface area contributed by atoms with E-state index in [1.807, 2.05) is 0 Å². The van der Waals surface area contributed by atoms with Crippen molar-refractivity contribution in [2.24, 2.45) is 11.8 Å². The van der Waals surface area contributed by atoms with E-state index in [1.54, 1.807) is 4.90 Å². The molecular formula is C35H43F2N5O2. The van der Waals surface area contributed by atoms with E-state index in [-0.39, 0.29) is 28.3 Å². The second kappa shape index (κ2) is 11.8. The maximum atomic E-state index is 14.1. The summed E-state index contributed by atoms with van der Waals surface area (Å²) >= 11 is 0. The van der Waals surface area contributed by atoms with Crippen LogP contribution in [-0.2, 0) is 5.41 Å². The minimum Gasteiger partial charge on any atom is -0.423 e. The van der Waals surface area contributed by atoms with Crippen molar-refractivity contribution in [1.82, 2.24) is 14.8 Å². The number of nitrogens with one attached hydrogen (secondary N) is 1. The second-order valence-electron chi connectivity index (χ2n) is 13.6. The fraction of sp³-hybridized carbons (Fsp3) is 0.543. The summed E-state index contributed by atoms with van der Waals surface area (Å²) in [6.45, 7) is 11.9. The van der Waals surface area contributed by atoms with Gasteiger partial charge in [0.1, 0.15) is 11.6 Å². The van der Waals surface area contributed by atoms with Crippen molar-refractivity contribution in [2.45, 2.75) is 57.8 Å².